The molecule has 0 saturated carbocycles. The Morgan fingerprint density at radius 2 is 1.77 bits per heavy atom. The molecule has 0 aliphatic rings. The Morgan fingerprint density at radius 1 is 1.08 bits per heavy atom. The van der Waals surface area contributed by atoms with Gasteiger partial charge in [-0.05, 0) is 42.8 Å². The van der Waals surface area contributed by atoms with Crippen LogP contribution in [-0.4, -0.2) is 27.4 Å². The summed E-state index contributed by atoms with van der Waals surface area (Å²) in [5.74, 6) is -3.18. The number of nitrogens with zero attached hydrogens (tertiary/aromatic N) is 1. The molecular formula is C17H17F3N2O3S. The summed E-state index contributed by atoms with van der Waals surface area (Å²) in [4.78, 5) is 12.8. The smallest absolute Gasteiger partial charge is 0.240 e. The van der Waals surface area contributed by atoms with Crippen molar-refractivity contribution in [1.29, 1.82) is 0 Å². The Bertz CT molecular complexity index is 933. The summed E-state index contributed by atoms with van der Waals surface area (Å²) >= 11 is 0. The number of aryl methyl sites for hydroxylation is 1. The van der Waals surface area contributed by atoms with E-state index in [0.29, 0.717) is 0 Å². The summed E-state index contributed by atoms with van der Waals surface area (Å²) in [6.07, 6.45) is 0. The van der Waals surface area contributed by atoms with Gasteiger partial charge in [-0.15, -0.1) is 0 Å². The van der Waals surface area contributed by atoms with Crippen molar-refractivity contribution in [2.45, 2.75) is 18.7 Å². The number of carbonyl (C=O) groups is 1. The van der Waals surface area contributed by atoms with Gasteiger partial charge in [-0.25, -0.2) is 26.3 Å². The predicted molar refractivity (Wildman–Crippen MR) is 90.7 cm³/mol. The number of sulfonamides is 1. The molecule has 0 heterocycles. The van der Waals surface area contributed by atoms with E-state index < -0.39 is 33.4 Å². The highest BCUT2D eigenvalue weighted by Gasteiger charge is 2.19. The van der Waals surface area contributed by atoms with E-state index in [1.165, 1.54) is 19.9 Å². The molecule has 0 fully saturated rings. The van der Waals surface area contributed by atoms with Gasteiger partial charge >= 0.3 is 0 Å². The summed E-state index contributed by atoms with van der Waals surface area (Å²) in [7, 11) is -3.91. The lowest BCUT2D eigenvalue weighted by atomic mass is 10.2. The molecule has 0 unspecified atom stereocenters. The monoisotopic (exact) mass is 386 g/mol. The van der Waals surface area contributed by atoms with E-state index in [2.05, 4.69) is 4.72 Å². The van der Waals surface area contributed by atoms with E-state index in [9.17, 15) is 26.4 Å². The SMILES string of the molecule is CC(=O)N(CCNS(=O)(=O)c1ccc(F)cc1C)c1ccc(F)c(F)c1. The van der Waals surface area contributed by atoms with Crippen molar-refractivity contribution in [1.82, 2.24) is 4.72 Å². The second-order valence-electron chi connectivity index (χ2n) is 5.58. The summed E-state index contributed by atoms with van der Waals surface area (Å²) in [6.45, 7) is 2.41. The molecule has 140 valence electrons. The van der Waals surface area contributed by atoms with Gasteiger partial charge in [0.05, 0.1) is 4.90 Å². The highest BCUT2D eigenvalue weighted by atomic mass is 32.2. The maximum absolute atomic E-state index is 13.4. The first kappa shape index (κ1) is 19.9. The van der Waals surface area contributed by atoms with Gasteiger partial charge in [0.15, 0.2) is 11.6 Å². The Hall–Kier alpha value is -2.39. The summed E-state index contributed by atoms with van der Waals surface area (Å²) in [5, 5.41) is 0. The lowest BCUT2D eigenvalue weighted by molar-refractivity contribution is -0.116. The number of rotatable bonds is 6. The van der Waals surface area contributed by atoms with Crippen LogP contribution in [0.25, 0.3) is 0 Å². The number of anilines is 1. The molecule has 2 rings (SSSR count). The zero-order valence-corrected chi connectivity index (χ0v) is 14.9. The van der Waals surface area contributed by atoms with Crippen molar-refractivity contribution in [2.75, 3.05) is 18.0 Å². The molecule has 0 saturated heterocycles. The first-order chi connectivity index (χ1) is 12.1. The molecule has 9 heteroatoms. The molecule has 0 aliphatic heterocycles. The van der Waals surface area contributed by atoms with E-state index in [1.54, 1.807) is 0 Å². The molecule has 0 atom stereocenters. The number of carbonyl (C=O) groups excluding carboxylic acids is 1. The normalized spacial score (nSPS) is 11.4. The highest BCUT2D eigenvalue weighted by Crippen LogP contribution is 2.19. The van der Waals surface area contributed by atoms with Crippen LogP contribution in [0.3, 0.4) is 0 Å². The molecule has 5 nitrogen and oxygen atoms in total. The summed E-state index contributed by atoms with van der Waals surface area (Å²) in [5.41, 5.74) is 0.343. The number of hydrogen-bond acceptors (Lipinski definition) is 3. The number of benzene rings is 2. The highest BCUT2D eigenvalue weighted by molar-refractivity contribution is 7.89. The van der Waals surface area contributed by atoms with Gasteiger partial charge in [0.2, 0.25) is 15.9 Å². The van der Waals surface area contributed by atoms with Crippen LogP contribution >= 0.6 is 0 Å². The van der Waals surface area contributed by atoms with Crippen molar-refractivity contribution in [3.63, 3.8) is 0 Å². The Balaban J connectivity index is 2.12. The zero-order chi connectivity index (χ0) is 19.5. The average molecular weight is 386 g/mol. The lowest BCUT2D eigenvalue weighted by Gasteiger charge is -2.21. The minimum atomic E-state index is -3.91. The fraction of sp³-hybridized carbons (Fsp3) is 0.235. The van der Waals surface area contributed by atoms with E-state index >= 15 is 0 Å². The van der Waals surface area contributed by atoms with E-state index in [0.717, 1.165) is 35.2 Å². The van der Waals surface area contributed by atoms with Gasteiger partial charge in [0, 0.05) is 31.8 Å². The molecule has 2 aromatic carbocycles. The van der Waals surface area contributed by atoms with Crippen molar-refractivity contribution in [2.24, 2.45) is 0 Å². The van der Waals surface area contributed by atoms with Crippen LogP contribution < -0.4 is 9.62 Å². The molecule has 1 N–H and O–H groups in total. The molecule has 0 bridgehead atoms. The van der Waals surface area contributed by atoms with Gasteiger partial charge in [-0.3, -0.25) is 4.79 Å². The topological polar surface area (TPSA) is 66.5 Å². The van der Waals surface area contributed by atoms with Crippen LogP contribution in [0, 0.1) is 24.4 Å². The third-order valence-corrected chi connectivity index (χ3v) is 5.27. The first-order valence-electron chi connectivity index (χ1n) is 7.61. The van der Waals surface area contributed by atoms with Crippen LogP contribution in [0.5, 0.6) is 0 Å². The number of halogens is 3. The van der Waals surface area contributed by atoms with Crippen LogP contribution in [-0.2, 0) is 14.8 Å². The van der Waals surface area contributed by atoms with Crippen LogP contribution in [0.4, 0.5) is 18.9 Å². The fourth-order valence-electron chi connectivity index (χ4n) is 2.41. The zero-order valence-electron chi connectivity index (χ0n) is 14.1. The molecule has 0 aromatic heterocycles. The van der Waals surface area contributed by atoms with Crippen molar-refractivity contribution in [3.05, 3.63) is 59.4 Å². The Morgan fingerprint density at radius 3 is 2.35 bits per heavy atom. The number of nitrogens with one attached hydrogen (secondary N) is 1. The van der Waals surface area contributed by atoms with Crippen LogP contribution in [0.1, 0.15) is 12.5 Å². The maximum Gasteiger partial charge on any atom is 0.240 e. The van der Waals surface area contributed by atoms with E-state index in [-0.39, 0.29) is 29.2 Å². The molecule has 0 radical (unpaired) electrons. The van der Waals surface area contributed by atoms with Crippen molar-refractivity contribution >= 4 is 21.6 Å². The van der Waals surface area contributed by atoms with E-state index in [4.69, 9.17) is 0 Å². The van der Waals surface area contributed by atoms with Crippen LogP contribution in [0.2, 0.25) is 0 Å². The Kier molecular flexibility index (Phi) is 6.04. The van der Waals surface area contributed by atoms with Gasteiger partial charge in [-0.2, -0.15) is 0 Å². The molecule has 26 heavy (non-hydrogen) atoms. The Labute approximate surface area is 149 Å². The standard InChI is InChI=1S/C17H17F3N2O3S/c1-11-9-13(18)3-6-17(11)26(24,25)21-7-8-22(12(2)23)14-4-5-15(19)16(20)10-14/h3-6,9-10,21H,7-8H2,1-2H3. The van der Waals surface area contributed by atoms with E-state index in [1.807, 2.05) is 0 Å². The van der Waals surface area contributed by atoms with Crippen LogP contribution in [0.15, 0.2) is 41.3 Å². The minimum absolute atomic E-state index is 0.0823. The molecular weight excluding hydrogens is 369 g/mol. The maximum atomic E-state index is 13.4. The van der Waals surface area contributed by atoms with Gasteiger partial charge in [-0.1, -0.05) is 0 Å². The fourth-order valence-corrected chi connectivity index (χ4v) is 3.65. The lowest BCUT2D eigenvalue weighted by Crippen LogP contribution is -2.37. The van der Waals surface area contributed by atoms with Crippen molar-refractivity contribution in [3.8, 4) is 0 Å². The van der Waals surface area contributed by atoms with Gasteiger partial charge in [0.1, 0.15) is 5.82 Å². The molecule has 0 aliphatic carbocycles. The second-order valence-corrected chi connectivity index (χ2v) is 7.31. The first-order valence-corrected chi connectivity index (χ1v) is 9.09. The quantitative estimate of drug-likeness (QED) is 0.830. The molecule has 1 amide bonds. The second kappa shape index (κ2) is 7.88. The third-order valence-electron chi connectivity index (χ3n) is 3.65. The number of amides is 1. The average Bonchev–Trinajstić information content (AvgIpc) is 2.53. The van der Waals surface area contributed by atoms with Gasteiger partial charge in [0.25, 0.3) is 0 Å². The summed E-state index contributed by atoms with van der Waals surface area (Å²) < 4.78 is 66.4. The molecule has 2 aromatic rings. The molecule has 0 spiro atoms. The largest absolute Gasteiger partial charge is 0.311 e. The summed E-state index contributed by atoms with van der Waals surface area (Å²) in [6, 6.07) is 6.23. The van der Waals surface area contributed by atoms with Crippen molar-refractivity contribution < 1.29 is 26.4 Å². The van der Waals surface area contributed by atoms with Gasteiger partial charge < -0.3 is 4.90 Å². The predicted octanol–water partition coefficient (Wildman–Crippen LogP) is 2.74. The minimum Gasteiger partial charge on any atom is -0.311 e. The third kappa shape index (κ3) is 4.61. The number of hydrogen-bond donors (Lipinski definition) is 1.